The molecule has 0 atom stereocenters. The molecule has 3 heteroatoms. The van der Waals surface area contributed by atoms with Crippen LogP contribution in [0.1, 0.15) is 96.8 Å². The fourth-order valence-electron chi connectivity index (χ4n) is 2.37. The van der Waals surface area contributed by atoms with Gasteiger partial charge in [0.05, 0.1) is 0 Å². The highest BCUT2D eigenvalue weighted by atomic mass is 16.1. The molecule has 0 fully saturated rings. The fourth-order valence-corrected chi connectivity index (χ4v) is 2.37. The number of allylic oxidation sites excluding steroid dienone is 2. The van der Waals surface area contributed by atoms with Crippen LogP contribution in [0.4, 0.5) is 0 Å². The van der Waals surface area contributed by atoms with Crippen molar-refractivity contribution >= 4 is 5.91 Å². The topological polar surface area (TPSA) is 55.1 Å². The average molecular weight is 327 g/mol. The Morgan fingerprint density at radius 2 is 1.17 bits per heavy atom. The van der Waals surface area contributed by atoms with E-state index in [9.17, 15) is 4.79 Å². The van der Waals surface area contributed by atoms with Gasteiger partial charge in [0, 0.05) is 6.42 Å². The SMILES string of the molecule is CCCCCCCC/C=C\CCCCCCCC(N)=O.CNC. The maximum Gasteiger partial charge on any atom is 0.217 e. The molecule has 0 aromatic rings. The van der Waals surface area contributed by atoms with E-state index < -0.39 is 0 Å². The summed E-state index contributed by atoms with van der Waals surface area (Å²) in [7, 11) is 3.75. The summed E-state index contributed by atoms with van der Waals surface area (Å²) in [5.74, 6) is -0.164. The monoisotopic (exact) mass is 326 g/mol. The zero-order chi connectivity index (χ0) is 17.6. The van der Waals surface area contributed by atoms with Gasteiger partial charge in [0.15, 0.2) is 0 Å². The number of hydrogen-bond acceptors (Lipinski definition) is 2. The van der Waals surface area contributed by atoms with Crippen LogP contribution in [0.25, 0.3) is 0 Å². The summed E-state index contributed by atoms with van der Waals surface area (Å²) < 4.78 is 0. The first-order chi connectivity index (χ1) is 11.2. The first-order valence-corrected chi connectivity index (χ1v) is 9.70. The number of hydrogen-bond donors (Lipinski definition) is 2. The molecule has 0 aliphatic carbocycles. The van der Waals surface area contributed by atoms with Crippen molar-refractivity contribution in [3.8, 4) is 0 Å². The normalized spacial score (nSPS) is 10.6. The first-order valence-electron chi connectivity index (χ1n) is 9.70. The number of carbonyl (C=O) groups is 1. The second kappa shape index (κ2) is 23.4. The smallest absolute Gasteiger partial charge is 0.217 e. The maximum atomic E-state index is 10.5. The van der Waals surface area contributed by atoms with Crippen molar-refractivity contribution in [3.05, 3.63) is 12.2 Å². The zero-order valence-corrected chi connectivity index (χ0v) is 16.0. The molecular formula is C20H42N2O. The third-order valence-electron chi connectivity index (χ3n) is 3.68. The Balaban J connectivity index is 0. The predicted octanol–water partition coefficient (Wildman–Crippen LogP) is 5.34. The van der Waals surface area contributed by atoms with E-state index in [1.807, 2.05) is 14.1 Å². The summed E-state index contributed by atoms with van der Waals surface area (Å²) in [5.41, 5.74) is 5.10. The van der Waals surface area contributed by atoms with Crippen molar-refractivity contribution in [2.45, 2.75) is 96.8 Å². The number of primary amides is 1. The highest BCUT2D eigenvalue weighted by Crippen LogP contribution is 2.09. The Bertz CT molecular complexity index is 252. The van der Waals surface area contributed by atoms with Crippen LogP contribution in [-0.2, 0) is 4.79 Å². The predicted molar refractivity (Wildman–Crippen MR) is 104 cm³/mol. The molecule has 0 aromatic heterocycles. The lowest BCUT2D eigenvalue weighted by Gasteiger charge is -1.99. The van der Waals surface area contributed by atoms with Gasteiger partial charge in [-0.3, -0.25) is 4.79 Å². The maximum absolute atomic E-state index is 10.5. The molecule has 0 heterocycles. The third kappa shape index (κ3) is 29.8. The molecule has 0 rings (SSSR count). The van der Waals surface area contributed by atoms with E-state index in [2.05, 4.69) is 24.4 Å². The van der Waals surface area contributed by atoms with Crippen LogP contribution < -0.4 is 11.1 Å². The summed E-state index contributed by atoms with van der Waals surface area (Å²) in [6.07, 6.45) is 21.9. The van der Waals surface area contributed by atoms with Crippen LogP contribution in [0.5, 0.6) is 0 Å². The van der Waals surface area contributed by atoms with Gasteiger partial charge in [0.1, 0.15) is 0 Å². The molecule has 0 aliphatic rings. The van der Waals surface area contributed by atoms with Gasteiger partial charge in [0.25, 0.3) is 0 Å². The van der Waals surface area contributed by atoms with Gasteiger partial charge >= 0.3 is 0 Å². The van der Waals surface area contributed by atoms with E-state index in [1.54, 1.807) is 0 Å². The van der Waals surface area contributed by atoms with E-state index in [1.165, 1.54) is 70.6 Å². The number of amides is 1. The quantitative estimate of drug-likeness (QED) is 0.315. The molecule has 1 amide bonds. The second-order valence-corrected chi connectivity index (χ2v) is 6.30. The largest absolute Gasteiger partial charge is 0.370 e. The van der Waals surface area contributed by atoms with Crippen molar-refractivity contribution < 1.29 is 4.79 Å². The van der Waals surface area contributed by atoms with Crippen molar-refractivity contribution in [2.75, 3.05) is 14.1 Å². The molecule has 0 aromatic carbocycles. The molecule has 0 bridgehead atoms. The summed E-state index contributed by atoms with van der Waals surface area (Å²) in [6.45, 7) is 2.26. The summed E-state index contributed by atoms with van der Waals surface area (Å²) in [4.78, 5) is 10.5. The van der Waals surface area contributed by atoms with E-state index >= 15 is 0 Å². The minimum Gasteiger partial charge on any atom is -0.370 e. The lowest BCUT2D eigenvalue weighted by Crippen LogP contribution is -2.09. The van der Waals surface area contributed by atoms with Gasteiger partial charge in [0.2, 0.25) is 5.91 Å². The van der Waals surface area contributed by atoms with Gasteiger partial charge < -0.3 is 11.1 Å². The third-order valence-corrected chi connectivity index (χ3v) is 3.68. The summed E-state index contributed by atoms with van der Waals surface area (Å²) >= 11 is 0. The molecule has 0 radical (unpaired) electrons. The van der Waals surface area contributed by atoms with E-state index in [0.717, 1.165) is 12.8 Å². The molecule has 0 spiro atoms. The van der Waals surface area contributed by atoms with Crippen molar-refractivity contribution in [1.29, 1.82) is 0 Å². The minimum atomic E-state index is -0.164. The fraction of sp³-hybridized carbons (Fsp3) is 0.850. The Morgan fingerprint density at radius 1 is 0.783 bits per heavy atom. The Kier molecular flexibility index (Phi) is 24.9. The lowest BCUT2D eigenvalue weighted by atomic mass is 10.1. The summed E-state index contributed by atoms with van der Waals surface area (Å²) in [5, 5.41) is 2.75. The number of nitrogens with two attached hydrogens (primary N) is 1. The van der Waals surface area contributed by atoms with Crippen LogP contribution in [0.3, 0.4) is 0 Å². The molecule has 0 saturated heterocycles. The van der Waals surface area contributed by atoms with Crippen LogP contribution in [-0.4, -0.2) is 20.0 Å². The van der Waals surface area contributed by atoms with Crippen LogP contribution >= 0.6 is 0 Å². The van der Waals surface area contributed by atoms with Crippen molar-refractivity contribution in [3.63, 3.8) is 0 Å². The molecule has 0 saturated carbocycles. The van der Waals surface area contributed by atoms with E-state index in [-0.39, 0.29) is 5.91 Å². The first kappa shape index (κ1) is 24.4. The highest BCUT2D eigenvalue weighted by Gasteiger charge is 1.94. The van der Waals surface area contributed by atoms with Crippen LogP contribution in [0.15, 0.2) is 12.2 Å². The highest BCUT2D eigenvalue weighted by molar-refractivity contribution is 5.73. The lowest BCUT2D eigenvalue weighted by molar-refractivity contribution is -0.118. The van der Waals surface area contributed by atoms with E-state index in [0.29, 0.717) is 6.42 Å². The van der Waals surface area contributed by atoms with Crippen LogP contribution in [0, 0.1) is 0 Å². The van der Waals surface area contributed by atoms with Gasteiger partial charge in [-0.15, -0.1) is 0 Å². The number of nitrogens with one attached hydrogen (secondary N) is 1. The average Bonchev–Trinajstić information content (AvgIpc) is 2.51. The van der Waals surface area contributed by atoms with Gasteiger partial charge in [-0.05, 0) is 46.2 Å². The minimum absolute atomic E-state index is 0.164. The molecular weight excluding hydrogens is 284 g/mol. The molecule has 23 heavy (non-hydrogen) atoms. The second-order valence-electron chi connectivity index (χ2n) is 6.30. The molecule has 3 N–H and O–H groups in total. The van der Waals surface area contributed by atoms with Crippen LogP contribution in [0.2, 0.25) is 0 Å². The summed E-state index contributed by atoms with van der Waals surface area (Å²) in [6, 6.07) is 0. The standard InChI is InChI=1S/C18H35NO.C2H7N/c1-2-3-4-5-6-7-8-9-10-11-12-13-14-15-16-17-18(19)20;1-3-2/h9-10H,2-8,11-17H2,1H3,(H2,19,20);3H,1-2H3/b10-9-;. The zero-order valence-electron chi connectivity index (χ0n) is 16.0. The number of unbranched alkanes of at least 4 members (excludes halogenated alkanes) is 11. The van der Waals surface area contributed by atoms with E-state index in [4.69, 9.17) is 5.73 Å². The van der Waals surface area contributed by atoms with Gasteiger partial charge in [-0.1, -0.05) is 70.4 Å². The molecule has 3 nitrogen and oxygen atoms in total. The van der Waals surface area contributed by atoms with Crippen molar-refractivity contribution in [2.24, 2.45) is 5.73 Å². The Morgan fingerprint density at radius 3 is 1.61 bits per heavy atom. The number of rotatable bonds is 15. The van der Waals surface area contributed by atoms with Gasteiger partial charge in [-0.2, -0.15) is 0 Å². The van der Waals surface area contributed by atoms with Gasteiger partial charge in [-0.25, -0.2) is 0 Å². The molecule has 0 unspecified atom stereocenters. The van der Waals surface area contributed by atoms with Crippen molar-refractivity contribution in [1.82, 2.24) is 5.32 Å². The number of carbonyl (C=O) groups excluding carboxylic acids is 1. The Hall–Kier alpha value is -0.830. The molecule has 0 aliphatic heterocycles. The molecule has 138 valence electrons. The Labute approximate surface area is 145 Å².